The number of piperidine rings is 2. The SMILES string of the molecule is CSCCN1CC2CC(C1)C2N. The van der Waals surface area contributed by atoms with Crippen LogP contribution in [0.25, 0.3) is 0 Å². The van der Waals surface area contributed by atoms with Crippen LogP contribution < -0.4 is 5.73 Å². The molecule has 0 aromatic carbocycles. The van der Waals surface area contributed by atoms with E-state index in [2.05, 4.69) is 11.2 Å². The van der Waals surface area contributed by atoms with Crippen LogP contribution in [0.15, 0.2) is 0 Å². The lowest BCUT2D eigenvalue weighted by molar-refractivity contribution is 0.00637. The topological polar surface area (TPSA) is 29.3 Å². The van der Waals surface area contributed by atoms with Gasteiger partial charge in [0.25, 0.3) is 0 Å². The van der Waals surface area contributed by atoms with E-state index in [4.69, 9.17) is 5.73 Å². The molecule has 2 nitrogen and oxygen atoms in total. The Morgan fingerprint density at radius 2 is 2.08 bits per heavy atom. The molecule has 0 amide bonds. The maximum absolute atomic E-state index is 5.99. The van der Waals surface area contributed by atoms with E-state index < -0.39 is 0 Å². The molecule has 2 saturated heterocycles. The molecule has 3 heteroatoms. The van der Waals surface area contributed by atoms with Gasteiger partial charge < -0.3 is 10.6 Å². The van der Waals surface area contributed by atoms with Crippen molar-refractivity contribution in [2.75, 3.05) is 31.6 Å². The van der Waals surface area contributed by atoms with E-state index in [0.717, 1.165) is 11.8 Å². The second kappa shape index (κ2) is 3.56. The summed E-state index contributed by atoms with van der Waals surface area (Å²) in [6.07, 6.45) is 3.58. The van der Waals surface area contributed by atoms with Crippen molar-refractivity contribution in [3.8, 4) is 0 Å². The summed E-state index contributed by atoms with van der Waals surface area (Å²) in [5.74, 6) is 2.92. The average Bonchev–Trinajstić information content (AvgIpc) is 2.14. The predicted octanol–water partition coefficient (Wildman–Crippen LogP) is 0.628. The lowest BCUT2D eigenvalue weighted by atomic mass is 9.67. The summed E-state index contributed by atoms with van der Waals surface area (Å²) < 4.78 is 0. The number of nitrogens with two attached hydrogens (primary N) is 1. The van der Waals surface area contributed by atoms with Gasteiger partial charge in [-0.05, 0) is 24.5 Å². The minimum atomic E-state index is 0.538. The number of hydrogen-bond acceptors (Lipinski definition) is 3. The third-order valence-electron chi connectivity index (χ3n) is 3.29. The van der Waals surface area contributed by atoms with Gasteiger partial charge in [0.2, 0.25) is 0 Å². The molecule has 2 N–H and O–H groups in total. The molecular formula is C9H18N2S. The molecule has 3 fully saturated rings. The first-order valence-electron chi connectivity index (χ1n) is 4.78. The Morgan fingerprint density at radius 1 is 1.42 bits per heavy atom. The first kappa shape index (κ1) is 8.85. The van der Waals surface area contributed by atoms with Crippen LogP contribution in [0.4, 0.5) is 0 Å². The van der Waals surface area contributed by atoms with Gasteiger partial charge >= 0.3 is 0 Å². The Balaban J connectivity index is 1.75. The number of hydrogen-bond donors (Lipinski definition) is 1. The Morgan fingerprint density at radius 3 is 2.58 bits per heavy atom. The lowest BCUT2D eigenvalue weighted by Crippen LogP contribution is -2.62. The fraction of sp³-hybridized carbons (Fsp3) is 1.00. The Kier molecular flexibility index (Phi) is 2.63. The van der Waals surface area contributed by atoms with Crippen LogP contribution in [0.5, 0.6) is 0 Å². The molecule has 0 spiro atoms. The van der Waals surface area contributed by atoms with Crippen molar-refractivity contribution < 1.29 is 0 Å². The van der Waals surface area contributed by atoms with Crippen molar-refractivity contribution in [3.05, 3.63) is 0 Å². The maximum Gasteiger partial charge on any atom is 0.0120 e. The molecule has 2 heterocycles. The second-order valence-corrected chi connectivity index (χ2v) is 5.07. The van der Waals surface area contributed by atoms with Gasteiger partial charge in [-0.3, -0.25) is 0 Å². The van der Waals surface area contributed by atoms with Gasteiger partial charge in [-0.15, -0.1) is 0 Å². The van der Waals surface area contributed by atoms with Crippen LogP contribution in [0.2, 0.25) is 0 Å². The van der Waals surface area contributed by atoms with Crippen LogP contribution in [0.1, 0.15) is 6.42 Å². The van der Waals surface area contributed by atoms with Crippen LogP contribution >= 0.6 is 11.8 Å². The molecule has 2 aliphatic heterocycles. The highest BCUT2D eigenvalue weighted by atomic mass is 32.2. The summed E-state index contributed by atoms with van der Waals surface area (Å²) in [6, 6.07) is 0.538. The first-order chi connectivity index (χ1) is 5.81. The largest absolute Gasteiger partial charge is 0.327 e. The van der Waals surface area contributed by atoms with Gasteiger partial charge in [0.1, 0.15) is 0 Å². The van der Waals surface area contributed by atoms with Crippen molar-refractivity contribution in [1.82, 2.24) is 4.90 Å². The van der Waals surface area contributed by atoms with E-state index in [0.29, 0.717) is 6.04 Å². The molecule has 70 valence electrons. The number of thioether (sulfide) groups is 1. The number of nitrogens with zero attached hydrogens (tertiary/aromatic N) is 1. The number of fused-ring (bicyclic) bond motifs is 2. The van der Waals surface area contributed by atoms with Gasteiger partial charge in [-0.2, -0.15) is 11.8 Å². The fourth-order valence-electron chi connectivity index (χ4n) is 2.43. The van der Waals surface area contributed by atoms with Gasteiger partial charge in [-0.25, -0.2) is 0 Å². The normalized spacial score (nSPS) is 41.0. The van der Waals surface area contributed by atoms with Crippen molar-refractivity contribution in [2.24, 2.45) is 17.6 Å². The molecule has 12 heavy (non-hydrogen) atoms. The van der Waals surface area contributed by atoms with Crippen molar-refractivity contribution in [2.45, 2.75) is 12.5 Å². The molecular weight excluding hydrogens is 168 g/mol. The minimum absolute atomic E-state index is 0.538. The molecule has 1 aliphatic carbocycles. The van der Waals surface area contributed by atoms with Crippen LogP contribution in [0, 0.1) is 11.8 Å². The van der Waals surface area contributed by atoms with E-state index in [1.54, 1.807) is 0 Å². The zero-order chi connectivity index (χ0) is 8.55. The highest BCUT2D eigenvalue weighted by molar-refractivity contribution is 7.98. The first-order valence-corrected chi connectivity index (χ1v) is 6.17. The predicted molar refractivity (Wildman–Crippen MR) is 54.4 cm³/mol. The third kappa shape index (κ3) is 1.50. The Hall–Kier alpha value is 0.270. The number of rotatable bonds is 3. The molecule has 0 radical (unpaired) electrons. The maximum atomic E-state index is 5.99. The zero-order valence-electron chi connectivity index (χ0n) is 7.70. The van der Waals surface area contributed by atoms with Crippen molar-refractivity contribution >= 4 is 11.8 Å². The summed E-state index contributed by atoms with van der Waals surface area (Å²) in [6.45, 7) is 3.79. The second-order valence-electron chi connectivity index (χ2n) is 4.09. The smallest absolute Gasteiger partial charge is 0.0120 e. The van der Waals surface area contributed by atoms with E-state index in [9.17, 15) is 0 Å². The highest BCUT2D eigenvalue weighted by Gasteiger charge is 2.43. The molecule has 3 aliphatic rings. The standard InChI is InChI=1S/C9H18N2S/c1-12-3-2-11-5-7-4-8(6-11)9(7)10/h7-9H,2-6,10H2,1H3. The van der Waals surface area contributed by atoms with Gasteiger partial charge in [-0.1, -0.05) is 0 Å². The summed E-state index contributed by atoms with van der Waals surface area (Å²) in [5, 5.41) is 0. The molecule has 2 unspecified atom stereocenters. The molecule has 0 aromatic heterocycles. The van der Waals surface area contributed by atoms with Crippen LogP contribution in [0.3, 0.4) is 0 Å². The van der Waals surface area contributed by atoms with Crippen molar-refractivity contribution in [1.29, 1.82) is 0 Å². The van der Waals surface area contributed by atoms with Gasteiger partial charge in [0.05, 0.1) is 0 Å². The van der Waals surface area contributed by atoms with Gasteiger partial charge in [0, 0.05) is 31.4 Å². The van der Waals surface area contributed by atoms with Crippen molar-refractivity contribution in [3.63, 3.8) is 0 Å². The van der Waals surface area contributed by atoms with Gasteiger partial charge in [0.15, 0.2) is 0 Å². The molecule has 0 aromatic rings. The minimum Gasteiger partial charge on any atom is -0.327 e. The summed E-state index contributed by atoms with van der Waals surface area (Å²) in [7, 11) is 0. The highest BCUT2D eigenvalue weighted by Crippen LogP contribution is 2.38. The molecule has 3 rings (SSSR count). The molecule has 1 saturated carbocycles. The van der Waals surface area contributed by atoms with E-state index in [1.807, 2.05) is 11.8 Å². The quantitative estimate of drug-likeness (QED) is 0.701. The lowest BCUT2D eigenvalue weighted by Gasteiger charge is -2.52. The van der Waals surface area contributed by atoms with E-state index in [1.165, 1.54) is 31.8 Å². The zero-order valence-corrected chi connectivity index (χ0v) is 8.52. The third-order valence-corrected chi connectivity index (χ3v) is 3.88. The average molecular weight is 186 g/mol. The Bertz CT molecular complexity index is 151. The van der Waals surface area contributed by atoms with Crippen LogP contribution in [-0.2, 0) is 0 Å². The summed E-state index contributed by atoms with van der Waals surface area (Å²) in [5.41, 5.74) is 5.99. The molecule has 2 bridgehead atoms. The van der Waals surface area contributed by atoms with Crippen LogP contribution in [-0.4, -0.2) is 42.6 Å². The van der Waals surface area contributed by atoms with E-state index in [-0.39, 0.29) is 0 Å². The monoisotopic (exact) mass is 186 g/mol. The fourth-order valence-corrected chi connectivity index (χ4v) is 2.87. The Labute approximate surface area is 78.9 Å². The van der Waals surface area contributed by atoms with E-state index >= 15 is 0 Å². The summed E-state index contributed by atoms with van der Waals surface area (Å²) in [4.78, 5) is 2.58. The summed E-state index contributed by atoms with van der Waals surface area (Å²) >= 11 is 1.94. The molecule has 2 atom stereocenters.